The van der Waals surface area contributed by atoms with Crippen LogP contribution in [0.3, 0.4) is 0 Å². The topological polar surface area (TPSA) is 146 Å². The highest BCUT2D eigenvalue weighted by Crippen LogP contribution is 2.69. The number of hydrogen-bond acceptors (Lipinski definition) is 9. The van der Waals surface area contributed by atoms with Gasteiger partial charge in [0.05, 0.1) is 24.9 Å². The maximum absolute atomic E-state index is 12.4. The molecule has 0 amide bonds. The van der Waals surface area contributed by atoms with Crippen molar-refractivity contribution in [2.75, 3.05) is 13.2 Å². The molecule has 13 atom stereocenters. The molecule has 5 aliphatic rings. The van der Waals surface area contributed by atoms with Crippen molar-refractivity contribution in [1.82, 2.24) is 0 Å². The molecule has 1 aliphatic heterocycles. The zero-order valence-corrected chi connectivity index (χ0v) is 25.0. The lowest BCUT2D eigenvalue weighted by molar-refractivity contribution is -0.317. The summed E-state index contributed by atoms with van der Waals surface area (Å²) >= 11 is 0. The minimum Gasteiger partial charge on any atom is -0.463 e. The third kappa shape index (κ3) is 5.42. The van der Waals surface area contributed by atoms with Gasteiger partial charge in [-0.1, -0.05) is 33.3 Å². The van der Waals surface area contributed by atoms with Crippen LogP contribution in [0.2, 0.25) is 0 Å². The number of carbonyl (C=O) groups excluding carboxylic acids is 1. The average Bonchev–Trinajstić information content (AvgIpc) is 3.22. The van der Waals surface area contributed by atoms with E-state index in [4.69, 9.17) is 14.2 Å². The number of rotatable bonds is 8. The Kier molecular flexibility index (Phi) is 9.28. The molecule has 9 nitrogen and oxygen atoms in total. The van der Waals surface area contributed by atoms with Crippen LogP contribution in [0.1, 0.15) is 91.4 Å². The van der Waals surface area contributed by atoms with Gasteiger partial charge in [0, 0.05) is 11.5 Å². The molecule has 0 radical (unpaired) electrons. The Labute approximate surface area is 244 Å². The number of esters is 1. The number of aliphatic hydroxyl groups excluding tert-OH is 4. The molecule has 4 aliphatic carbocycles. The summed E-state index contributed by atoms with van der Waals surface area (Å²) in [5.41, 5.74) is -0.943. The summed E-state index contributed by atoms with van der Waals surface area (Å²) < 4.78 is 17.1. The summed E-state index contributed by atoms with van der Waals surface area (Å²) in [5, 5.41) is 52.7. The van der Waals surface area contributed by atoms with Crippen molar-refractivity contribution >= 4 is 5.97 Å². The van der Waals surface area contributed by atoms with E-state index in [1.54, 1.807) is 6.08 Å². The standard InChI is InChI=1S/C32H52O9/c1-4-5-16-39-25(34)9-7-19-10-15-32(38)23-8-6-20-17-21(11-13-30(20,2)22(23)12-14-31(19,32)3)40-29-28(37)27(36)26(35)24(18-33)41-29/h7,9,19-24,26-29,33,35-38H,4-6,8,10-18H2,1-3H3/b9-7+. The number of ether oxygens (including phenoxy) is 3. The number of carbonyl (C=O) groups is 1. The predicted octanol–water partition coefficient (Wildman–Crippen LogP) is 2.84. The number of hydrogen-bond donors (Lipinski definition) is 5. The van der Waals surface area contributed by atoms with Crippen LogP contribution in [-0.4, -0.2) is 87.1 Å². The van der Waals surface area contributed by atoms with Crippen molar-refractivity contribution in [2.24, 2.45) is 34.5 Å². The van der Waals surface area contributed by atoms with E-state index >= 15 is 0 Å². The van der Waals surface area contributed by atoms with Crippen molar-refractivity contribution in [2.45, 2.75) is 134 Å². The summed E-state index contributed by atoms with van der Waals surface area (Å²) in [4.78, 5) is 12.2. The first-order valence-corrected chi connectivity index (χ1v) is 16.0. The van der Waals surface area contributed by atoms with Crippen LogP contribution in [-0.2, 0) is 19.0 Å². The smallest absolute Gasteiger partial charge is 0.330 e. The van der Waals surface area contributed by atoms with Gasteiger partial charge in [0.2, 0.25) is 0 Å². The highest BCUT2D eigenvalue weighted by atomic mass is 16.7. The molecule has 0 aromatic carbocycles. The van der Waals surface area contributed by atoms with Gasteiger partial charge in [-0.05, 0) is 93.3 Å². The zero-order chi connectivity index (χ0) is 29.6. The number of aliphatic hydroxyl groups is 5. The first-order chi connectivity index (χ1) is 19.5. The Morgan fingerprint density at radius 3 is 2.49 bits per heavy atom. The molecule has 4 saturated carbocycles. The molecule has 0 aromatic heterocycles. The summed E-state index contributed by atoms with van der Waals surface area (Å²) in [7, 11) is 0. The second-order valence-corrected chi connectivity index (χ2v) is 14.1. The maximum atomic E-state index is 12.4. The molecule has 5 rings (SSSR count). The van der Waals surface area contributed by atoms with Crippen LogP contribution < -0.4 is 0 Å². The van der Waals surface area contributed by atoms with E-state index in [0.29, 0.717) is 18.4 Å². The summed E-state index contributed by atoms with van der Waals surface area (Å²) in [6.45, 7) is 6.67. The third-order valence-corrected chi connectivity index (χ3v) is 12.3. The van der Waals surface area contributed by atoms with Gasteiger partial charge in [-0.3, -0.25) is 0 Å². The number of fused-ring (bicyclic) bond motifs is 5. The van der Waals surface area contributed by atoms with Crippen molar-refractivity contribution in [3.8, 4) is 0 Å². The fraction of sp³-hybridized carbons (Fsp3) is 0.906. The van der Waals surface area contributed by atoms with Crippen LogP contribution in [0.4, 0.5) is 0 Å². The number of allylic oxidation sites excluding steroid dienone is 1. The Morgan fingerprint density at radius 1 is 0.976 bits per heavy atom. The van der Waals surface area contributed by atoms with E-state index in [1.807, 2.05) is 6.08 Å². The molecule has 41 heavy (non-hydrogen) atoms. The first kappa shape index (κ1) is 31.4. The molecule has 9 heteroatoms. The third-order valence-electron chi connectivity index (χ3n) is 12.3. The summed E-state index contributed by atoms with van der Waals surface area (Å²) in [6.07, 6.45) is 7.11. The summed E-state index contributed by atoms with van der Waals surface area (Å²) in [6, 6.07) is 0. The minimum atomic E-state index is -1.44. The molecular formula is C32H52O9. The first-order valence-electron chi connectivity index (χ1n) is 16.0. The molecule has 234 valence electrons. The molecule has 13 unspecified atom stereocenters. The van der Waals surface area contributed by atoms with Gasteiger partial charge in [0.15, 0.2) is 6.29 Å². The van der Waals surface area contributed by atoms with Crippen molar-refractivity contribution in [3.05, 3.63) is 12.2 Å². The zero-order valence-electron chi connectivity index (χ0n) is 25.0. The molecular weight excluding hydrogens is 528 g/mol. The normalized spacial score (nSPS) is 49.8. The van der Waals surface area contributed by atoms with Gasteiger partial charge in [0.1, 0.15) is 24.4 Å². The van der Waals surface area contributed by atoms with Crippen molar-refractivity contribution < 1.29 is 44.5 Å². The Bertz CT molecular complexity index is 955. The van der Waals surface area contributed by atoms with E-state index in [2.05, 4.69) is 20.8 Å². The Hall–Kier alpha value is -1.07. The van der Waals surface area contributed by atoms with E-state index in [0.717, 1.165) is 70.6 Å². The average molecular weight is 581 g/mol. The van der Waals surface area contributed by atoms with Crippen LogP contribution in [0.15, 0.2) is 12.2 Å². The monoisotopic (exact) mass is 580 g/mol. The predicted molar refractivity (Wildman–Crippen MR) is 150 cm³/mol. The van der Waals surface area contributed by atoms with Gasteiger partial charge in [-0.2, -0.15) is 0 Å². The number of unbranched alkanes of at least 4 members (excludes halogenated alkanes) is 1. The van der Waals surface area contributed by atoms with Crippen LogP contribution in [0.5, 0.6) is 0 Å². The van der Waals surface area contributed by atoms with E-state index in [9.17, 15) is 30.3 Å². The fourth-order valence-corrected chi connectivity index (χ4v) is 9.59. The van der Waals surface area contributed by atoms with Gasteiger partial charge in [-0.15, -0.1) is 0 Å². The van der Waals surface area contributed by atoms with Crippen molar-refractivity contribution in [1.29, 1.82) is 0 Å². The van der Waals surface area contributed by atoms with Crippen LogP contribution in [0.25, 0.3) is 0 Å². The molecule has 1 saturated heterocycles. The molecule has 0 bridgehead atoms. The fourth-order valence-electron chi connectivity index (χ4n) is 9.59. The molecule has 0 spiro atoms. The lowest BCUT2D eigenvalue weighted by atomic mass is 9.43. The Morgan fingerprint density at radius 2 is 1.76 bits per heavy atom. The van der Waals surface area contributed by atoms with E-state index in [-0.39, 0.29) is 34.7 Å². The van der Waals surface area contributed by atoms with Gasteiger partial charge in [0.25, 0.3) is 0 Å². The second kappa shape index (κ2) is 12.1. The van der Waals surface area contributed by atoms with Gasteiger partial charge in [-0.25, -0.2) is 4.79 Å². The highest BCUT2D eigenvalue weighted by molar-refractivity contribution is 5.81. The van der Waals surface area contributed by atoms with Gasteiger partial charge >= 0.3 is 5.97 Å². The highest BCUT2D eigenvalue weighted by Gasteiger charge is 2.66. The SMILES string of the molecule is CCCCOC(=O)/C=C/C1CCC2(O)C3CCC4CC(OC5OC(CO)C(O)C(O)C5O)CCC4(C)C3CCC12C. The molecule has 5 N–H and O–H groups in total. The second-order valence-electron chi connectivity index (χ2n) is 14.1. The van der Waals surface area contributed by atoms with Crippen LogP contribution >= 0.6 is 0 Å². The largest absolute Gasteiger partial charge is 0.463 e. The maximum Gasteiger partial charge on any atom is 0.330 e. The molecule has 0 aromatic rings. The van der Waals surface area contributed by atoms with Crippen molar-refractivity contribution in [3.63, 3.8) is 0 Å². The van der Waals surface area contributed by atoms with E-state index < -0.39 is 42.9 Å². The lowest BCUT2D eigenvalue weighted by Gasteiger charge is -2.63. The van der Waals surface area contributed by atoms with Gasteiger partial charge < -0.3 is 39.7 Å². The molecule has 1 heterocycles. The Balaban J connectivity index is 1.23. The minimum absolute atomic E-state index is 0.0756. The van der Waals surface area contributed by atoms with Crippen LogP contribution in [0, 0.1) is 34.5 Å². The quantitative estimate of drug-likeness (QED) is 0.127. The lowest BCUT2D eigenvalue weighted by Crippen LogP contribution is -2.62. The molecule has 5 fully saturated rings. The summed E-state index contributed by atoms with van der Waals surface area (Å²) in [5.74, 6) is 0.909. The van der Waals surface area contributed by atoms with E-state index in [1.165, 1.54) is 0 Å².